The Labute approximate surface area is 174 Å². The second-order valence-corrected chi connectivity index (χ2v) is 8.23. The third-order valence-electron chi connectivity index (χ3n) is 5.85. The first-order chi connectivity index (χ1) is 13.6. The molecule has 0 aromatic heterocycles. The number of ether oxygens (including phenoxy) is 2. The number of alkyl halides is 3. The van der Waals surface area contributed by atoms with Crippen LogP contribution in [0, 0.1) is 12.8 Å². The normalized spacial score (nSPS) is 27.5. The number of rotatable bonds is 6. The lowest BCUT2D eigenvalue weighted by Gasteiger charge is -2.40. The Balaban J connectivity index is 1.90. The average molecular weight is 429 g/mol. The number of halogens is 3. The molecule has 1 N–H and O–H groups in total. The van der Waals surface area contributed by atoms with Gasteiger partial charge in [-0.15, -0.1) is 0 Å². The standard InChI is InChI=1S/C21H27F3N2O2S/c1-13-4-7-17(28-11-10-20(22,23)24)12-18(13)21(25-14(2)19(29)26-21)15-5-8-16(27-3)9-6-15/h4,7,12,15-16H,5-6,8-11H2,1-3H3,(H,26,29). The van der Waals surface area contributed by atoms with Crippen LogP contribution in [-0.2, 0) is 10.4 Å². The Bertz CT molecular complexity index is 789. The maximum absolute atomic E-state index is 12.5. The molecule has 0 saturated heterocycles. The van der Waals surface area contributed by atoms with E-state index >= 15 is 0 Å². The van der Waals surface area contributed by atoms with Gasteiger partial charge in [-0.2, -0.15) is 13.2 Å². The highest BCUT2D eigenvalue weighted by atomic mass is 32.1. The molecule has 29 heavy (non-hydrogen) atoms. The van der Waals surface area contributed by atoms with Crippen LogP contribution in [0.15, 0.2) is 23.2 Å². The molecule has 3 rings (SSSR count). The summed E-state index contributed by atoms with van der Waals surface area (Å²) in [5.74, 6) is 0.612. The maximum Gasteiger partial charge on any atom is 0.392 e. The van der Waals surface area contributed by atoms with Crippen molar-refractivity contribution in [3.05, 3.63) is 29.3 Å². The van der Waals surface area contributed by atoms with Gasteiger partial charge < -0.3 is 14.8 Å². The minimum Gasteiger partial charge on any atom is -0.493 e. The number of aliphatic imine (C=N–C) groups is 1. The molecule has 1 aliphatic heterocycles. The summed E-state index contributed by atoms with van der Waals surface area (Å²) in [4.78, 5) is 5.57. The van der Waals surface area contributed by atoms with E-state index in [0.717, 1.165) is 42.5 Å². The number of nitrogens with one attached hydrogen (secondary N) is 1. The van der Waals surface area contributed by atoms with E-state index in [1.807, 2.05) is 26.0 Å². The van der Waals surface area contributed by atoms with Gasteiger partial charge in [0, 0.05) is 18.6 Å². The van der Waals surface area contributed by atoms with Gasteiger partial charge in [0.05, 0.1) is 24.8 Å². The number of aryl methyl sites for hydroxylation is 1. The van der Waals surface area contributed by atoms with Gasteiger partial charge in [-0.25, -0.2) is 0 Å². The zero-order valence-electron chi connectivity index (χ0n) is 16.9. The van der Waals surface area contributed by atoms with Crippen molar-refractivity contribution in [1.82, 2.24) is 5.32 Å². The molecule has 1 heterocycles. The molecule has 1 fully saturated rings. The second-order valence-electron chi connectivity index (χ2n) is 7.82. The molecule has 2 aliphatic rings. The molecule has 0 radical (unpaired) electrons. The van der Waals surface area contributed by atoms with Gasteiger partial charge in [0.15, 0.2) is 5.66 Å². The molecule has 0 spiro atoms. The summed E-state index contributed by atoms with van der Waals surface area (Å²) in [5.41, 5.74) is 1.96. The van der Waals surface area contributed by atoms with Gasteiger partial charge in [-0.05, 0) is 57.2 Å². The molecular weight excluding hydrogens is 401 g/mol. The van der Waals surface area contributed by atoms with Crippen LogP contribution in [0.4, 0.5) is 13.2 Å². The van der Waals surface area contributed by atoms with Gasteiger partial charge in [-0.1, -0.05) is 18.3 Å². The zero-order valence-corrected chi connectivity index (χ0v) is 17.8. The van der Waals surface area contributed by atoms with Crippen molar-refractivity contribution < 1.29 is 22.6 Å². The van der Waals surface area contributed by atoms with Crippen molar-refractivity contribution in [1.29, 1.82) is 0 Å². The topological polar surface area (TPSA) is 42.9 Å². The molecule has 4 nitrogen and oxygen atoms in total. The number of nitrogens with zero attached hydrogens (tertiary/aromatic N) is 1. The summed E-state index contributed by atoms with van der Waals surface area (Å²) in [5, 5.41) is 3.44. The summed E-state index contributed by atoms with van der Waals surface area (Å²) in [7, 11) is 1.73. The molecule has 1 aliphatic carbocycles. The molecule has 1 saturated carbocycles. The Morgan fingerprint density at radius 1 is 1.21 bits per heavy atom. The van der Waals surface area contributed by atoms with Crippen LogP contribution in [-0.4, -0.2) is 36.7 Å². The van der Waals surface area contributed by atoms with Gasteiger partial charge in [0.2, 0.25) is 0 Å². The fourth-order valence-corrected chi connectivity index (χ4v) is 4.45. The summed E-state index contributed by atoms with van der Waals surface area (Å²) in [6, 6.07) is 5.38. The van der Waals surface area contributed by atoms with Gasteiger partial charge in [-0.3, -0.25) is 4.99 Å². The molecule has 160 valence electrons. The predicted molar refractivity (Wildman–Crippen MR) is 111 cm³/mol. The number of hydrogen-bond donors (Lipinski definition) is 1. The fraction of sp³-hybridized carbons (Fsp3) is 0.619. The van der Waals surface area contributed by atoms with Crippen molar-refractivity contribution in [2.45, 2.75) is 63.9 Å². The Morgan fingerprint density at radius 2 is 1.90 bits per heavy atom. The van der Waals surface area contributed by atoms with Crippen LogP contribution in [0.1, 0.15) is 50.2 Å². The highest BCUT2D eigenvalue weighted by Gasteiger charge is 2.47. The smallest absolute Gasteiger partial charge is 0.392 e. The van der Waals surface area contributed by atoms with Crippen LogP contribution in [0.2, 0.25) is 0 Å². The van der Waals surface area contributed by atoms with Crippen molar-refractivity contribution in [3.8, 4) is 5.75 Å². The Hall–Kier alpha value is -1.67. The summed E-state index contributed by atoms with van der Waals surface area (Å²) < 4.78 is 48.3. The lowest BCUT2D eigenvalue weighted by atomic mass is 9.75. The molecular formula is C21H27F3N2O2S. The Morgan fingerprint density at radius 3 is 2.45 bits per heavy atom. The van der Waals surface area contributed by atoms with E-state index in [-0.39, 0.29) is 12.0 Å². The average Bonchev–Trinajstić information content (AvgIpc) is 2.97. The lowest BCUT2D eigenvalue weighted by Crippen LogP contribution is -2.47. The van der Waals surface area contributed by atoms with Gasteiger partial charge >= 0.3 is 6.18 Å². The number of hydrogen-bond acceptors (Lipinski definition) is 4. The van der Waals surface area contributed by atoms with Crippen molar-refractivity contribution in [2.75, 3.05) is 13.7 Å². The second kappa shape index (κ2) is 8.60. The first kappa shape index (κ1) is 22.0. The predicted octanol–water partition coefficient (Wildman–Crippen LogP) is 5.08. The Kier molecular flexibility index (Phi) is 6.53. The van der Waals surface area contributed by atoms with Crippen LogP contribution in [0.3, 0.4) is 0 Å². The molecule has 1 unspecified atom stereocenters. The molecule has 1 aromatic rings. The van der Waals surface area contributed by atoms with E-state index in [0.29, 0.717) is 10.7 Å². The highest BCUT2D eigenvalue weighted by molar-refractivity contribution is 7.82. The third-order valence-corrected chi connectivity index (χ3v) is 6.25. The molecule has 1 atom stereocenters. The number of thiocarbonyl (C=S) groups is 1. The zero-order chi connectivity index (χ0) is 21.2. The number of benzene rings is 1. The van der Waals surface area contributed by atoms with E-state index in [1.54, 1.807) is 13.2 Å². The van der Waals surface area contributed by atoms with Crippen molar-refractivity contribution in [2.24, 2.45) is 10.9 Å². The fourth-order valence-electron chi connectivity index (χ4n) is 4.25. The van der Waals surface area contributed by atoms with Crippen LogP contribution in [0.25, 0.3) is 0 Å². The minimum atomic E-state index is -4.24. The quantitative estimate of drug-likeness (QED) is 0.642. The first-order valence-electron chi connectivity index (χ1n) is 9.87. The van der Waals surface area contributed by atoms with E-state index < -0.39 is 24.9 Å². The molecule has 1 aromatic carbocycles. The van der Waals surface area contributed by atoms with Crippen LogP contribution >= 0.6 is 12.2 Å². The minimum absolute atomic E-state index is 0.202. The molecule has 8 heteroatoms. The van der Waals surface area contributed by atoms with E-state index in [2.05, 4.69) is 5.32 Å². The number of methoxy groups -OCH3 is 1. The summed E-state index contributed by atoms with van der Waals surface area (Å²) in [6.45, 7) is 3.45. The highest BCUT2D eigenvalue weighted by Crippen LogP contribution is 2.45. The van der Waals surface area contributed by atoms with E-state index in [4.69, 9.17) is 26.7 Å². The third kappa shape index (κ3) is 4.91. The lowest BCUT2D eigenvalue weighted by molar-refractivity contribution is -0.139. The summed E-state index contributed by atoms with van der Waals surface area (Å²) in [6.07, 6.45) is -1.26. The summed E-state index contributed by atoms with van der Waals surface area (Å²) >= 11 is 5.47. The van der Waals surface area contributed by atoms with Crippen molar-refractivity contribution >= 4 is 22.9 Å². The molecule has 0 amide bonds. The van der Waals surface area contributed by atoms with Crippen LogP contribution in [0.5, 0.6) is 5.75 Å². The SMILES string of the molecule is COC1CCC(C2(c3cc(OCCC(F)(F)F)ccc3C)N=C(C)C(=S)N2)CC1. The molecule has 0 bridgehead atoms. The van der Waals surface area contributed by atoms with Gasteiger partial charge in [0.1, 0.15) is 10.7 Å². The largest absolute Gasteiger partial charge is 0.493 e. The van der Waals surface area contributed by atoms with E-state index in [1.165, 1.54) is 0 Å². The van der Waals surface area contributed by atoms with Gasteiger partial charge in [0.25, 0.3) is 0 Å². The maximum atomic E-state index is 12.5. The van der Waals surface area contributed by atoms with Crippen molar-refractivity contribution in [3.63, 3.8) is 0 Å². The monoisotopic (exact) mass is 428 g/mol. The van der Waals surface area contributed by atoms with E-state index in [9.17, 15) is 13.2 Å². The van der Waals surface area contributed by atoms with Crippen LogP contribution < -0.4 is 10.1 Å². The first-order valence-corrected chi connectivity index (χ1v) is 10.3.